The van der Waals surface area contributed by atoms with Crippen LogP contribution < -0.4 is 24.8 Å². The molecule has 0 spiro atoms. The molecule has 0 aromatic heterocycles. The van der Waals surface area contributed by atoms with Crippen molar-refractivity contribution in [3.8, 4) is 17.2 Å². The van der Waals surface area contributed by atoms with Crippen molar-refractivity contribution in [2.45, 2.75) is 12.5 Å². The van der Waals surface area contributed by atoms with Gasteiger partial charge in [0.15, 0.2) is 27.3 Å². The SMILES string of the molecule is CN=C(NCCOc1ccc2c(c1)OCO2)NC1CCS(=O)(=O)C1. The lowest BCUT2D eigenvalue weighted by Crippen LogP contribution is -2.45. The molecule has 1 aromatic carbocycles. The molecule has 1 atom stereocenters. The van der Waals surface area contributed by atoms with Gasteiger partial charge in [-0.25, -0.2) is 8.42 Å². The van der Waals surface area contributed by atoms with Crippen molar-refractivity contribution in [3.63, 3.8) is 0 Å². The number of aliphatic imine (C=N–C) groups is 1. The third-order valence-electron chi connectivity index (χ3n) is 3.80. The van der Waals surface area contributed by atoms with Crippen LogP contribution in [0.15, 0.2) is 23.2 Å². The number of nitrogens with one attached hydrogen (secondary N) is 2. The Hall–Kier alpha value is -2.16. The molecule has 9 heteroatoms. The van der Waals surface area contributed by atoms with Crippen LogP contribution in [-0.4, -0.2) is 58.9 Å². The summed E-state index contributed by atoms with van der Waals surface area (Å²) >= 11 is 0. The Kier molecular flexibility index (Phi) is 4.98. The standard InChI is InChI=1S/C15H21N3O5S/c1-16-15(18-11-4-7-24(19,20)9-11)17-5-6-21-12-2-3-13-14(8-12)23-10-22-13/h2-3,8,11H,4-7,9-10H2,1H3,(H2,16,17,18). The van der Waals surface area contributed by atoms with Gasteiger partial charge in [-0.2, -0.15) is 0 Å². The molecule has 1 aromatic rings. The first-order chi connectivity index (χ1) is 11.6. The zero-order valence-electron chi connectivity index (χ0n) is 13.4. The van der Waals surface area contributed by atoms with Gasteiger partial charge in [0.1, 0.15) is 12.4 Å². The van der Waals surface area contributed by atoms with Gasteiger partial charge in [-0.15, -0.1) is 0 Å². The van der Waals surface area contributed by atoms with E-state index >= 15 is 0 Å². The smallest absolute Gasteiger partial charge is 0.231 e. The zero-order valence-corrected chi connectivity index (χ0v) is 14.3. The van der Waals surface area contributed by atoms with Crippen molar-refractivity contribution < 1.29 is 22.6 Å². The number of sulfone groups is 1. The van der Waals surface area contributed by atoms with E-state index in [1.807, 2.05) is 12.1 Å². The molecule has 1 unspecified atom stereocenters. The van der Waals surface area contributed by atoms with E-state index in [-0.39, 0.29) is 24.3 Å². The topological polar surface area (TPSA) is 98.2 Å². The Labute approximate surface area is 141 Å². The third kappa shape index (κ3) is 4.22. The van der Waals surface area contributed by atoms with Crippen molar-refractivity contribution in [3.05, 3.63) is 18.2 Å². The maximum Gasteiger partial charge on any atom is 0.231 e. The highest BCUT2D eigenvalue weighted by atomic mass is 32.2. The fourth-order valence-electron chi connectivity index (χ4n) is 2.60. The Balaban J connectivity index is 1.40. The molecular weight excluding hydrogens is 334 g/mol. The minimum absolute atomic E-state index is 0.0871. The van der Waals surface area contributed by atoms with Gasteiger partial charge in [0.2, 0.25) is 6.79 Å². The highest BCUT2D eigenvalue weighted by Gasteiger charge is 2.28. The number of hydrogen-bond donors (Lipinski definition) is 2. The molecule has 0 radical (unpaired) electrons. The summed E-state index contributed by atoms with van der Waals surface area (Å²) in [7, 11) is -1.26. The van der Waals surface area contributed by atoms with E-state index in [2.05, 4.69) is 15.6 Å². The highest BCUT2D eigenvalue weighted by Crippen LogP contribution is 2.34. The molecule has 0 aliphatic carbocycles. The lowest BCUT2D eigenvalue weighted by atomic mass is 10.3. The molecule has 2 N–H and O–H groups in total. The minimum Gasteiger partial charge on any atom is -0.492 e. The van der Waals surface area contributed by atoms with Gasteiger partial charge in [-0.05, 0) is 18.6 Å². The van der Waals surface area contributed by atoms with E-state index in [1.54, 1.807) is 13.1 Å². The quantitative estimate of drug-likeness (QED) is 0.441. The van der Waals surface area contributed by atoms with E-state index in [0.29, 0.717) is 37.0 Å². The lowest BCUT2D eigenvalue weighted by Gasteiger charge is -2.16. The molecule has 2 aliphatic rings. The summed E-state index contributed by atoms with van der Waals surface area (Å²) in [5, 5.41) is 6.23. The maximum atomic E-state index is 11.5. The monoisotopic (exact) mass is 355 g/mol. The number of hydrogen-bond acceptors (Lipinski definition) is 6. The van der Waals surface area contributed by atoms with Crippen LogP contribution in [0, 0.1) is 0 Å². The second kappa shape index (κ2) is 7.16. The summed E-state index contributed by atoms with van der Waals surface area (Å²) in [5.74, 6) is 3.06. The van der Waals surface area contributed by atoms with E-state index in [0.717, 1.165) is 5.75 Å². The molecule has 2 aliphatic heterocycles. The molecule has 0 bridgehead atoms. The summed E-state index contributed by atoms with van der Waals surface area (Å²) in [6, 6.07) is 5.34. The summed E-state index contributed by atoms with van der Waals surface area (Å²) in [6.45, 7) is 1.20. The van der Waals surface area contributed by atoms with E-state index in [4.69, 9.17) is 14.2 Å². The van der Waals surface area contributed by atoms with Gasteiger partial charge in [-0.1, -0.05) is 0 Å². The van der Waals surface area contributed by atoms with Crippen LogP contribution >= 0.6 is 0 Å². The number of nitrogens with zero attached hydrogens (tertiary/aromatic N) is 1. The molecule has 0 amide bonds. The molecule has 2 heterocycles. The van der Waals surface area contributed by atoms with Crippen LogP contribution in [0.25, 0.3) is 0 Å². The van der Waals surface area contributed by atoms with Gasteiger partial charge in [0, 0.05) is 19.2 Å². The molecule has 132 valence electrons. The van der Waals surface area contributed by atoms with Gasteiger partial charge >= 0.3 is 0 Å². The number of fused-ring (bicyclic) bond motifs is 1. The molecule has 8 nitrogen and oxygen atoms in total. The Morgan fingerprint density at radius 1 is 1.38 bits per heavy atom. The van der Waals surface area contributed by atoms with Crippen molar-refractivity contribution in [1.29, 1.82) is 0 Å². The van der Waals surface area contributed by atoms with Gasteiger partial charge in [0.25, 0.3) is 0 Å². The Bertz CT molecular complexity index is 720. The van der Waals surface area contributed by atoms with Gasteiger partial charge < -0.3 is 24.8 Å². The van der Waals surface area contributed by atoms with Gasteiger partial charge in [-0.3, -0.25) is 4.99 Å². The fraction of sp³-hybridized carbons (Fsp3) is 0.533. The van der Waals surface area contributed by atoms with E-state index < -0.39 is 9.84 Å². The number of ether oxygens (including phenoxy) is 3. The summed E-state index contributed by atoms with van der Waals surface area (Å²) in [6.07, 6.45) is 0.608. The van der Waals surface area contributed by atoms with Crippen LogP contribution in [0.4, 0.5) is 0 Å². The molecule has 1 fully saturated rings. The third-order valence-corrected chi connectivity index (χ3v) is 5.57. The maximum absolute atomic E-state index is 11.5. The van der Waals surface area contributed by atoms with E-state index in [9.17, 15) is 8.42 Å². The summed E-state index contributed by atoms with van der Waals surface area (Å²) in [4.78, 5) is 4.10. The Morgan fingerprint density at radius 2 is 2.21 bits per heavy atom. The first-order valence-corrected chi connectivity index (χ1v) is 9.58. The first kappa shape index (κ1) is 16.7. The van der Waals surface area contributed by atoms with Crippen molar-refractivity contribution in [2.24, 2.45) is 4.99 Å². The molecular formula is C15H21N3O5S. The molecule has 3 rings (SSSR count). The number of guanidine groups is 1. The van der Waals surface area contributed by atoms with Crippen LogP contribution in [0.3, 0.4) is 0 Å². The lowest BCUT2D eigenvalue weighted by molar-refractivity contribution is 0.173. The van der Waals surface area contributed by atoms with Crippen LogP contribution in [0.1, 0.15) is 6.42 Å². The zero-order chi connectivity index (χ0) is 17.0. The van der Waals surface area contributed by atoms with Crippen LogP contribution in [-0.2, 0) is 9.84 Å². The van der Waals surface area contributed by atoms with Crippen LogP contribution in [0.5, 0.6) is 17.2 Å². The molecule has 0 saturated carbocycles. The van der Waals surface area contributed by atoms with E-state index in [1.165, 1.54) is 0 Å². The summed E-state index contributed by atoms with van der Waals surface area (Å²) < 4.78 is 39.1. The second-order valence-corrected chi connectivity index (χ2v) is 7.84. The van der Waals surface area contributed by atoms with Crippen molar-refractivity contribution >= 4 is 15.8 Å². The molecule has 1 saturated heterocycles. The minimum atomic E-state index is -2.91. The van der Waals surface area contributed by atoms with Crippen molar-refractivity contribution in [1.82, 2.24) is 10.6 Å². The number of rotatable bonds is 5. The first-order valence-electron chi connectivity index (χ1n) is 7.76. The largest absolute Gasteiger partial charge is 0.492 e. The van der Waals surface area contributed by atoms with Gasteiger partial charge in [0.05, 0.1) is 18.1 Å². The highest BCUT2D eigenvalue weighted by molar-refractivity contribution is 7.91. The summed E-state index contributed by atoms with van der Waals surface area (Å²) in [5.41, 5.74) is 0. The second-order valence-electron chi connectivity index (χ2n) is 5.61. The predicted octanol–water partition coefficient (Wildman–Crippen LogP) is 0.146. The average molecular weight is 355 g/mol. The fourth-order valence-corrected chi connectivity index (χ4v) is 4.28. The molecule has 24 heavy (non-hydrogen) atoms. The normalized spacial score (nSPS) is 21.5. The predicted molar refractivity (Wildman–Crippen MR) is 89.6 cm³/mol. The van der Waals surface area contributed by atoms with Crippen LogP contribution in [0.2, 0.25) is 0 Å². The number of benzene rings is 1. The van der Waals surface area contributed by atoms with Crippen molar-refractivity contribution in [2.75, 3.05) is 38.5 Å². The average Bonchev–Trinajstić information content (AvgIpc) is 3.15. The Morgan fingerprint density at radius 3 is 2.96 bits per heavy atom.